The predicted octanol–water partition coefficient (Wildman–Crippen LogP) is 3.74. The van der Waals surface area contributed by atoms with E-state index in [0.29, 0.717) is 25.1 Å². The maximum Gasteiger partial charge on any atom is 0.253 e. The van der Waals surface area contributed by atoms with Gasteiger partial charge in [0.2, 0.25) is 11.8 Å². The van der Waals surface area contributed by atoms with Gasteiger partial charge in [-0.05, 0) is 41.3 Å². The van der Waals surface area contributed by atoms with Crippen LogP contribution in [-0.4, -0.2) is 82.7 Å². The third-order valence-electron chi connectivity index (χ3n) is 10.0. The molecule has 3 aromatic rings. The summed E-state index contributed by atoms with van der Waals surface area (Å²) in [6.07, 6.45) is 8.44. The Kier molecular flexibility index (Phi) is 6.94. The smallest absolute Gasteiger partial charge is 0.253 e. The first kappa shape index (κ1) is 28.5. The highest BCUT2D eigenvalue weighted by Gasteiger charge is 2.75. The molecule has 2 fully saturated rings. The molecule has 3 amide bonds. The van der Waals surface area contributed by atoms with Crippen molar-refractivity contribution in [2.24, 2.45) is 11.8 Å². The lowest BCUT2D eigenvalue weighted by Crippen LogP contribution is -2.59. The van der Waals surface area contributed by atoms with Crippen molar-refractivity contribution in [3.8, 4) is 0 Å². The molecule has 4 aliphatic rings. The van der Waals surface area contributed by atoms with Crippen molar-refractivity contribution >= 4 is 34.2 Å². The molecule has 8 heteroatoms. The standard InChI is InChI=1S/C36H37N3O5/c1-3-35-17-9-19-37(2)32(41)29(35)30-33(42)39(28(23-40)21-24-11-5-4-6-12-24)31-34(43)38(20-10-18-36(30,31)44-35)27-16-15-25-13-7-8-14-26(25)22-27/h4-18,22,28-31,40H,3,19-21,23H2,1-2H3/t28-,29-,30+,31?,35+,36+/m1/s1. The molecule has 8 nitrogen and oxygen atoms in total. The average molecular weight is 592 g/mol. The van der Waals surface area contributed by atoms with E-state index in [1.807, 2.05) is 104 Å². The van der Waals surface area contributed by atoms with Crippen LogP contribution in [0.3, 0.4) is 0 Å². The predicted molar refractivity (Wildman–Crippen MR) is 168 cm³/mol. The second-order valence-corrected chi connectivity index (χ2v) is 12.4. The molecular formula is C36H37N3O5. The largest absolute Gasteiger partial charge is 0.394 e. The molecule has 1 N–H and O–H groups in total. The van der Waals surface area contributed by atoms with E-state index < -0.39 is 35.1 Å². The van der Waals surface area contributed by atoms with Crippen LogP contribution in [0.15, 0.2) is 97.1 Å². The van der Waals surface area contributed by atoms with Crippen LogP contribution in [0.1, 0.15) is 18.9 Å². The monoisotopic (exact) mass is 591 g/mol. The topological polar surface area (TPSA) is 90.4 Å². The van der Waals surface area contributed by atoms with Crippen LogP contribution >= 0.6 is 0 Å². The van der Waals surface area contributed by atoms with Crippen LogP contribution in [0.2, 0.25) is 0 Å². The van der Waals surface area contributed by atoms with Gasteiger partial charge in [-0.25, -0.2) is 0 Å². The van der Waals surface area contributed by atoms with E-state index >= 15 is 0 Å². The third kappa shape index (κ3) is 4.15. The van der Waals surface area contributed by atoms with E-state index in [2.05, 4.69) is 0 Å². The number of fused-ring (bicyclic) bond motifs is 3. The third-order valence-corrected chi connectivity index (χ3v) is 10.0. The number of amides is 3. The fraction of sp³-hybridized carbons (Fsp3) is 0.361. The molecule has 1 spiro atoms. The SMILES string of the molecule is CC[C@]12C=CCN(C)C(=O)[C@H]1[C@H]1C(=O)N([C@@H](CO)Cc3ccccc3)C3C(=O)N(c4ccc5ccccc5c4)CC=C[C@@]31O2. The summed E-state index contributed by atoms with van der Waals surface area (Å²) in [5.74, 6) is -2.53. The lowest BCUT2D eigenvalue weighted by atomic mass is 9.73. The molecule has 0 aliphatic carbocycles. The summed E-state index contributed by atoms with van der Waals surface area (Å²) in [5.41, 5.74) is -0.778. The van der Waals surface area contributed by atoms with Gasteiger partial charge in [-0.1, -0.05) is 91.9 Å². The summed E-state index contributed by atoms with van der Waals surface area (Å²) in [6, 6.07) is 21.7. The van der Waals surface area contributed by atoms with Crippen LogP contribution in [0.4, 0.5) is 5.69 Å². The number of likely N-dealkylation sites (tertiary alicyclic amines) is 1. The number of aliphatic hydroxyl groups is 1. The highest BCUT2D eigenvalue weighted by atomic mass is 16.5. The number of carbonyl (C=O) groups is 3. The van der Waals surface area contributed by atoms with Gasteiger partial charge in [-0.2, -0.15) is 0 Å². The number of anilines is 1. The molecule has 6 atom stereocenters. The van der Waals surface area contributed by atoms with Crippen molar-refractivity contribution in [3.05, 3.63) is 103 Å². The fourth-order valence-corrected chi connectivity index (χ4v) is 7.93. The van der Waals surface area contributed by atoms with E-state index in [1.165, 1.54) is 0 Å². The summed E-state index contributed by atoms with van der Waals surface area (Å²) in [5, 5.41) is 12.8. The molecule has 0 bridgehead atoms. The Balaban J connectivity index is 1.39. The van der Waals surface area contributed by atoms with Crippen molar-refractivity contribution in [1.82, 2.24) is 9.80 Å². The Morgan fingerprint density at radius 1 is 0.864 bits per heavy atom. The zero-order chi connectivity index (χ0) is 30.6. The summed E-state index contributed by atoms with van der Waals surface area (Å²) in [7, 11) is 1.74. The van der Waals surface area contributed by atoms with E-state index in [9.17, 15) is 19.5 Å². The number of hydrogen-bond donors (Lipinski definition) is 1. The maximum atomic E-state index is 15.0. The fourth-order valence-electron chi connectivity index (χ4n) is 7.93. The van der Waals surface area contributed by atoms with E-state index in [4.69, 9.17) is 4.74 Å². The van der Waals surface area contributed by atoms with Gasteiger partial charge < -0.3 is 24.5 Å². The Morgan fingerprint density at radius 2 is 1.59 bits per heavy atom. The molecule has 3 aromatic carbocycles. The minimum Gasteiger partial charge on any atom is -0.394 e. The molecular weight excluding hydrogens is 554 g/mol. The minimum absolute atomic E-state index is 0.173. The van der Waals surface area contributed by atoms with Gasteiger partial charge in [0.15, 0.2) is 0 Å². The highest BCUT2D eigenvalue weighted by Crippen LogP contribution is 2.59. The van der Waals surface area contributed by atoms with Gasteiger partial charge in [0.25, 0.3) is 5.91 Å². The summed E-state index contributed by atoms with van der Waals surface area (Å²) in [6.45, 7) is 2.31. The van der Waals surface area contributed by atoms with E-state index in [-0.39, 0.29) is 30.9 Å². The first-order valence-corrected chi connectivity index (χ1v) is 15.4. The Labute approximate surface area is 257 Å². The number of nitrogens with zero attached hydrogens (tertiary/aromatic N) is 3. The summed E-state index contributed by atoms with van der Waals surface area (Å²) in [4.78, 5) is 48.7. The summed E-state index contributed by atoms with van der Waals surface area (Å²) < 4.78 is 7.05. The molecule has 0 aromatic heterocycles. The van der Waals surface area contributed by atoms with Crippen LogP contribution < -0.4 is 4.90 Å². The number of ether oxygens (including phenoxy) is 1. The second kappa shape index (κ2) is 10.7. The zero-order valence-corrected chi connectivity index (χ0v) is 25.0. The number of likely N-dealkylation sites (N-methyl/N-ethyl adjacent to an activating group) is 1. The van der Waals surface area contributed by atoms with Gasteiger partial charge in [0, 0.05) is 25.8 Å². The molecule has 4 heterocycles. The lowest BCUT2D eigenvalue weighted by molar-refractivity contribution is -0.152. The Bertz CT molecular complexity index is 1690. The first-order valence-electron chi connectivity index (χ1n) is 15.4. The normalized spacial score (nSPS) is 30.3. The molecule has 7 rings (SSSR count). The van der Waals surface area contributed by atoms with Gasteiger partial charge in [0.05, 0.1) is 30.1 Å². The second-order valence-electron chi connectivity index (χ2n) is 12.4. The highest BCUT2D eigenvalue weighted by molar-refractivity contribution is 6.07. The lowest BCUT2D eigenvalue weighted by Gasteiger charge is -2.41. The number of aliphatic hydroxyl groups excluding tert-OH is 1. The van der Waals surface area contributed by atoms with E-state index in [1.54, 1.807) is 21.7 Å². The van der Waals surface area contributed by atoms with Crippen molar-refractivity contribution < 1.29 is 24.2 Å². The molecule has 0 radical (unpaired) electrons. The van der Waals surface area contributed by atoms with Gasteiger partial charge in [-0.15, -0.1) is 0 Å². The molecule has 44 heavy (non-hydrogen) atoms. The molecule has 4 aliphatic heterocycles. The van der Waals surface area contributed by atoms with Crippen LogP contribution in [-0.2, 0) is 25.5 Å². The van der Waals surface area contributed by atoms with Gasteiger partial charge >= 0.3 is 0 Å². The minimum atomic E-state index is -1.39. The van der Waals surface area contributed by atoms with Crippen molar-refractivity contribution in [2.45, 2.75) is 43.1 Å². The zero-order valence-electron chi connectivity index (χ0n) is 25.0. The quantitative estimate of drug-likeness (QED) is 0.442. The maximum absolute atomic E-state index is 15.0. The molecule has 2 saturated heterocycles. The Hall–Kier alpha value is -4.27. The van der Waals surface area contributed by atoms with Crippen molar-refractivity contribution in [2.75, 3.05) is 31.6 Å². The summed E-state index contributed by atoms with van der Waals surface area (Å²) >= 11 is 0. The average Bonchev–Trinajstić information content (AvgIpc) is 3.35. The number of rotatable bonds is 6. The first-order chi connectivity index (χ1) is 21.3. The molecule has 226 valence electrons. The van der Waals surface area contributed by atoms with Crippen molar-refractivity contribution in [1.29, 1.82) is 0 Å². The van der Waals surface area contributed by atoms with Crippen LogP contribution in [0.5, 0.6) is 0 Å². The van der Waals surface area contributed by atoms with Gasteiger partial charge in [0.1, 0.15) is 11.6 Å². The van der Waals surface area contributed by atoms with Crippen LogP contribution in [0, 0.1) is 11.8 Å². The molecule has 0 saturated carbocycles. The van der Waals surface area contributed by atoms with Gasteiger partial charge in [-0.3, -0.25) is 14.4 Å². The number of benzene rings is 3. The number of carbonyl (C=O) groups excluding carboxylic acids is 3. The van der Waals surface area contributed by atoms with Crippen molar-refractivity contribution in [3.63, 3.8) is 0 Å². The number of hydrogen-bond acceptors (Lipinski definition) is 5. The van der Waals surface area contributed by atoms with Crippen LogP contribution in [0.25, 0.3) is 10.8 Å². The molecule has 1 unspecified atom stereocenters. The van der Waals surface area contributed by atoms with E-state index in [0.717, 1.165) is 16.3 Å². The Morgan fingerprint density at radius 3 is 2.34 bits per heavy atom.